The second-order valence-corrected chi connectivity index (χ2v) is 14.0. The lowest BCUT2D eigenvalue weighted by Gasteiger charge is -2.16. The Hall–Kier alpha value is -7.57. The lowest BCUT2D eigenvalue weighted by atomic mass is 10.0. The van der Waals surface area contributed by atoms with Crippen molar-refractivity contribution >= 4 is 76.5 Å². The molecule has 4 heterocycles. The zero-order valence-corrected chi connectivity index (χ0v) is 29.3. The molecule has 8 aromatic carbocycles. The van der Waals surface area contributed by atoms with Crippen molar-refractivity contribution in [2.75, 3.05) is 0 Å². The van der Waals surface area contributed by atoms with Gasteiger partial charge in [-0.3, -0.25) is 0 Å². The van der Waals surface area contributed by atoms with Crippen molar-refractivity contribution in [1.82, 2.24) is 19.5 Å². The molecule has 55 heavy (non-hydrogen) atoms. The molecule has 0 radical (unpaired) electrons. The van der Waals surface area contributed by atoms with Crippen molar-refractivity contribution in [3.8, 4) is 39.9 Å². The second-order valence-electron chi connectivity index (χ2n) is 14.0. The van der Waals surface area contributed by atoms with E-state index in [9.17, 15) is 0 Å². The Morgan fingerprint density at radius 3 is 1.80 bits per heavy atom. The van der Waals surface area contributed by atoms with E-state index in [0.29, 0.717) is 17.5 Å². The molecule has 4 aromatic heterocycles. The number of fused-ring (bicyclic) bond motifs is 10. The van der Waals surface area contributed by atoms with Crippen LogP contribution in [0.25, 0.3) is 116 Å². The molecule has 0 aliphatic carbocycles. The highest BCUT2D eigenvalue weighted by molar-refractivity contribution is 6.17. The molecular formula is C49H28N4O2. The number of hydrogen-bond acceptors (Lipinski definition) is 5. The number of furan rings is 2. The standard InChI is InChI=1S/C49H28N4O2/c1-2-12-29(13-3-1)47-50-48(32-22-24-43-37(27-32)34-17-7-10-20-41(34)54-43)52-49(51-47)46-39(23-25-44-45(46)35-18-8-11-21-42(35)55-44)53-38-19-9-6-16-33(38)36-26-30-14-4-5-15-31(30)28-40(36)53/h1-28H. The maximum absolute atomic E-state index is 6.54. The Labute approximate surface area is 313 Å². The van der Waals surface area contributed by atoms with Gasteiger partial charge in [-0.25, -0.2) is 15.0 Å². The molecule has 12 aromatic rings. The van der Waals surface area contributed by atoms with Gasteiger partial charge in [0.15, 0.2) is 17.5 Å². The topological polar surface area (TPSA) is 69.9 Å². The minimum absolute atomic E-state index is 0.555. The molecule has 0 saturated heterocycles. The van der Waals surface area contributed by atoms with Crippen LogP contribution < -0.4 is 0 Å². The van der Waals surface area contributed by atoms with Gasteiger partial charge in [-0.15, -0.1) is 0 Å². The van der Waals surface area contributed by atoms with E-state index in [1.807, 2.05) is 72.8 Å². The fourth-order valence-electron chi connectivity index (χ4n) is 8.33. The van der Waals surface area contributed by atoms with E-state index in [1.165, 1.54) is 21.5 Å². The summed E-state index contributed by atoms with van der Waals surface area (Å²) in [6.07, 6.45) is 0. The maximum atomic E-state index is 6.54. The van der Waals surface area contributed by atoms with E-state index in [0.717, 1.165) is 77.3 Å². The summed E-state index contributed by atoms with van der Waals surface area (Å²) in [5, 5.41) is 8.73. The van der Waals surface area contributed by atoms with Crippen LogP contribution in [0.15, 0.2) is 179 Å². The summed E-state index contributed by atoms with van der Waals surface area (Å²) < 4.78 is 15.1. The minimum atomic E-state index is 0.555. The molecule has 12 rings (SSSR count). The van der Waals surface area contributed by atoms with E-state index < -0.39 is 0 Å². The average molecular weight is 705 g/mol. The van der Waals surface area contributed by atoms with Crippen LogP contribution in [0.5, 0.6) is 0 Å². The number of aromatic nitrogens is 4. The summed E-state index contributed by atoms with van der Waals surface area (Å²) in [4.78, 5) is 15.8. The SMILES string of the molecule is c1ccc(-c2nc(-c3ccc4oc5ccccc5c4c3)nc(-c3c(-n4c5ccccc5c5cc6ccccc6cc54)ccc4oc5ccccc5c34)n2)cc1. The van der Waals surface area contributed by atoms with Crippen LogP contribution in [0.3, 0.4) is 0 Å². The van der Waals surface area contributed by atoms with E-state index in [2.05, 4.69) is 102 Å². The summed E-state index contributed by atoms with van der Waals surface area (Å²) in [5.41, 5.74) is 9.02. The monoisotopic (exact) mass is 704 g/mol. The summed E-state index contributed by atoms with van der Waals surface area (Å²) in [5.74, 6) is 1.71. The fraction of sp³-hybridized carbons (Fsp3) is 0. The first-order chi connectivity index (χ1) is 27.2. The molecule has 0 N–H and O–H groups in total. The first-order valence-corrected chi connectivity index (χ1v) is 18.4. The van der Waals surface area contributed by atoms with Crippen LogP contribution >= 0.6 is 0 Å². The Kier molecular flexibility index (Phi) is 6.24. The van der Waals surface area contributed by atoms with Gasteiger partial charge in [-0.2, -0.15) is 0 Å². The Morgan fingerprint density at radius 1 is 0.364 bits per heavy atom. The molecule has 0 unspecified atom stereocenters. The van der Waals surface area contributed by atoms with Gasteiger partial charge in [0.05, 0.1) is 22.3 Å². The van der Waals surface area contributed by atoms with Crippen molar-refractivity contribution in [3.63, 3.8) is 0 Å². The maximum Gasteiger partial charge on any atom is 0.166 e. The van der Waals surface area contributed by atoms with E-state index in [4.69, 9.17) is 23.8 Å². The Bertz CT molecular complexity index is 3500. The summed E-state index contributed by atoms with van der Waals surface area (Å²) in [6.45, 7) is 0. The quantitative estimate of drug-likeness (QED) is 0.182. The van der Waals surface area contributed by atoms with Crippen molar-refractivity contribution in [2.45, 2.75) is 0 Å². The number of hydrogen-bond donors (Lipinski definition) is 0. The van der Waals surface area contributed by atoms with E-state index in [-0.39, 0.29) is 0 Å². The first-order valence-electron chi connectivity index (χ1n) is 18.4. The van der Waals surface area contributed by atoms with Gasteiger partial charge in [-0.1, -0.05) is 109 Å². The molecule has 0 aliphatic rings. The summed E-state index contributed by atoms with van der Waals surface area (Å²) >= 11 is 0. The highest BCUT2D eigenvalue weighted by Crippen LogP contribution is 2.44. The van der Waals surface area contributed by atoms with Crippen molar-refractivity contribution < 1.29 is 8.83 Å². The van der Waals surface area contributed by atoms with Crippen LogP contribution in [0, 0.1) is 0 Å². The molecule has 0 aliphatic heterocycles. The molecule has 0 saturated carbocycles. The van der Waals surface area contributed by atoms with Crippen molar-refractivity contribution in [1.29, 1.82) is 0 Å². The molecule has 0 atom stereocenters. The number of para-hydroxylation sites is 3. The minimum Gasteiger partial charge on any atom is -0.456 e. The molecule has 0 bridgehead atoms. The molecular weight excluding hydrogens is 677 g/mol. The Balaban J connectivity index is 1.22. The number of benzene rings is 8. The van der Waals surface area contributed by atoms with Crippen molar-refractivity contribution in [3.05, 3.63) is 170 Å². The molecule has 256 valence electrons. The van der Waals surface area contributed by atoms with Gasteiger partial charge in [0.25, 0.3) is 0 Å². The first kappa shape index (κ1) is 29.9. The smallest absolute Gasteiger partial charge is 0.166 e. The van der Waals surface area contributed by atoms with Gasteiger partial charge in [0, 0.05) is 43.4 Å². The predicted molar refractivity (Wildman–Crippen MR) is 223 cm³/mol. The zero-order valence-electron chi connectivity index (χ0n) is 29.3. The van der Waals surface area contributed by atoms with Crippen LogP contribution in [-0.4, -0.2) is 19.5 Å². The highest BCUT2D eigenvalue weighted by atomic mass is 16.3. The third-order valence-electron chi connectivity index (χ3n) is 10.8. The average Bonchev–Trinajstić information content (AvgIpc) is 3.92. The summed E-state index contributed by atoms with van der Waals surface area (Å²) in [6, 6.07) is 58.6. The van der Waals surface area contributed by atoms with Gasteiger partial charge in [0.1, 0.15) is 22.3 Å². The normalized spacial score (nSPS) is 12.0. The third kappa shape index (κ3) is 4.52. The molecule has 6 nitrogen and oxygen atoms in total. The van der Waals surface area contributed by atoms with Gasteiger partial charge in [0.2, 0.25) is 0 Å². The van der Waals surface area contributed by atoms with Crippen LogP contribution in [-0.2, 0) is 0 Å². The fourth-order valence-corrected chi connectivity index (χ4v) is 8.33. The van der Waals surface area contributed by atoms with Gasteiger partial charge >= 0.3 is 0 Å². The number of nitrogens with zero attached hydrogens (tertiary/aromatic N) is 4. The molecule has 0 spiro atoms. The second kappa shape index (κ2) is 11.5. The van der Waals surface area contributed by atoms with Gasteiger partial charge in [-0.05, 0) is 71.4 Å². The summed E-state index contributed by atoms with van der Waals surface area (Å²) in [7, 11) is 0. The van der Waals surface area contributed by atoms with E-state index in [1.54, 1.807) is 0 Å². The molecule has 0 amide bonds. The molecule has 6 heteroatoms. The van der Waals surface area contributed by atoms with Crippen molar-refractivity contribution in [2.24, 2.45) is 0 Å². The largest absolute Gasteiger partial charge is 0.456 e. The lowest BCUT2D eigenvalue weighted by Crippen LogP contribution is -2.04. The Morgan fingerprint density at radius 2 is 0.964 bits per heavy atom. The molecule has 0 fully saturated rings. The van der Waals surface area contributed by atoms with Gasteiger partial charge < -0.3 is 13.4 Å². The zero-order chi connectivity index (χ0) is 36.0. The number of rotatable bonds is 4. The van der Waals surface area contributed by atoms with Crippen LogP contribution in [0.1, 0.15) is 0 Å². The van der Waals surface area contributed by atoms with Crippen LogP contribution in [0.2, 0.25) is 0 Å². The predicted octanol–water partition coefficient (Wildman–Crippen LogP) is 12.9. The van der Waals surface area contributed by atoms with E-state index >= 15 is 0 Å². The highest BCUT2D eigenvalue weighted by Gasteiger charge is 2.25. The van der Waals surface area contributed by atoms with Crippen LogP contribution in [0.4, 0.5) is 0 Å². The third-order valence-corrected chi connectivity index (χ3v) is 10.8. The lowest BCUT2D eigenvalue weighted by molar-refractivity contribution is 0.668.